The van der Waals surface area contributed by atoms with Gasteiger partial charge in [0.2, 0.25) is 0 Å². The molecule has 0 aromatic heterocycles. The Bertz CT molecular complexity index is 252. The Hall–Kier alpha value is -0.120. The first-order chi connectivity index (χ1) is 7.81. The van der Waals surface area contributed by atoms with Gasteiger partial charge in [-0.25, -0.2) is 0 Å². The quantitative estimate of drug-likeness (QED) is 0.742. The van der Waals surface area contributed by atoms with Crippen LogP contribution < -0.4 is 5.48 Å². The van der Waals surface area contributed by atoms with Gasteiger partial charge in [-0.2, -0.15) is 5.48 Å². The summed E-state index contributed by atoms with van der Waals surface area (Å²) in [6.07, 6.45) is 8.45. The Morgan fingerprint density at radius 3 is 2.75 bits per heavy atom. The minimum atomic E-state index is 0.146. The Labute approximate surface area is 97.8 Å². The van der Waals surface area contributed by atoms with Crippen molar-refractivity contribution in [3.63, 3.8) is 0 Å². The van der Waals surface area contributed by atoms with E-state index in [1.807, 2.05) is 0 Å². The average molecular weight is 225 g/mol. The number of hydroxylamine groups is 1. The van der Waals surface area contributed by atoms with E-state index < -0.39 is 0 Å². The number of nitrogens with one attached hydrogen (secondary N) is 1. The zero-order valence-electron chi connectivity index (χ0n) is 10.2. The summed E-state index contributed by atoms with van der Waals surface area (Å²) in [6.45, 7) is 3.91. The normalized spacial score (nSPS) is 45.6. The molecule has 1 aliphatic carbocycles. The summed E-state index contributed by atoms with van der Waals surface area (Å²) in [5.41, 5.74) is 3.48. The van der Waals surface area contributed by atoms with Crippen molar-refractivity contribution in [1.29, 1.82) is 0 Å². The van der Waals surface area contributed by atoms with E-state index in [0.29, 0.717) is 12.0 Å². The van der Waals surface area contributed by atoms with Crippen LogP contribution >= 0.6 is 0 Å². The molecule has 3 rings (SSSR count). The lowest BCUT2D eigenvalue weighted by Gasteiger charge is -2.46. The minimum absolute atomic E-state index is 0.146. The molecule has 3 fully saturated rings. The Kier molecular flexibility index (Phi) is 2.94. The fourth-order valence-electron chi connectivity index (χ4n) is 3.84. The lowest BCUT2D eigenvalue weighted by Crippen LogP contribution is -2.58. The monoisotopic (exact) mass is 225 g/mol. The van der Waals surface area contributed by atoms with Gasteiger partial charge < -0.3 is 9.57 Å². The van der Waals surface area contributed by atoms with E-state index >= 15 is 0 Å². The number of hydrogen-bond donors (Lipinski definition) is 1. The Morgan fingerprint density at radius 2 is 1.94 bits per heavy atom. The molecule has 2 heterocycles. The lowest BCUT2D eigenvalue weighted by molar-refractivity contribution is -0.0868. The van der Waals surface area contributed by atoms with Gasteiger partial charge in [-0.3, -0.25) is 0 Å². The molecule has 3 nitrogen and oxygen atoms in total. The molecule has 92 valence electrons. The molecular weight excluding hydrogens is 202 g/mol. The predicted octanol–water partition coefficient (Wildman–Crippen LogP) is 2.27. The van der Waals surface area contributed by atoms with Crippen molar-refractivity contribution in [2.75, 3.05) is 13.2 Å². The summed E-state index contributed by atoms with van der Waals surface area (Å²) in [4.78, 5) is 5.57. The van der Waals surface area contributed by atoms with E-state index in [0.717, 1.165) is 25.6 Å². The van der Waals surface area contributed by atoms with Crippen LogP contribution in [-0.2, 0) is 9.57 Å². The summed E-state index contributed by atoms with van der Waals surface area (Å²) in [6, 6.07) is 0. The molecule has 1 saturated carbocycles. The molecule has 0 radical (unpaired) electrons. The summed E-state index contributed by atoms with van der Waals surface area (Å²) < 4.78 is 5.91. The van der Waals surface area contributed by atoms with Gasteiger partial charge >= 0.3 is 0 Å². The fraction of sp³-hybridized carbons (Fsp3) is 1.00. The van der Waals surface area contributed by atoms with Crippen molar-refractivity contribution in [2.45, 2.75) is 57.1 Å². The number of hydrogen-bond acceptors (Lipinski definition) is 3. The van der Waals surface area contributed by atoms with E-state index in [1.54, 1.807) is 0 Å². The lowest BCUT2D eigenvalue weighted by atomic mass is 9.67. The van der Waals surface area contributed by atoms with Crippen LogP contribution in [-0.4, -0.2) is 24.9 Å². The molecule has 0 spiro atoms. The zero-order valence-corrected chi connectivity index (χ0v) is 10.2. The Morgan fingerprint density at radius 1 is 1.12 bits per heavy atom. The van der Waals surface area contributed by atoms with Gasteiger partial charge in [-0.1, -0.05) is 19.3 Å². The van der Waals surface area contributed by atoms with Crippen LogP contribution in [0.2, 0.25) is 0 Å². The first kappa shape index (κ1) is 11.0. The molecule has 2 aliphatic heterocycles. The number of ether oxygens (including phenoxy) is 1. The molecular formula is C13H23NO2. The molecule has 1 N–H and O–H groups in total. The minimum Gasteiger partial charge on any atom is -0.376 e. The van der Waals surface area contributed by atoms with Crippen molar-refractivity contribution < 1.29 is 9.57 Å². The van der Waals surface area contributed by atoms with E-state index in [-0.39, 0.29) is 5.54 Å². The molecule has 3 heteroatoms. The van der Waals surface area contributed by atoms with Gasteiger partial charge in [-0.05, 0) is 32.1 Å². The first-order valence-electron chi connectivity index (χ1n) is 6.82. The third kappa shape index (κ3) is 1.69. The van der Waals surface area contributed by atoms with E-state index in [2.05, 4.69) is 12.4 Å². The summed E-state index contributed by atoms with van der Waals surface area (Å²) in [5, 5.41) is 0. The van der Waals surface area contributed by atoms with Gasteiger partial charge in [0.25, 0.3) is 0 Å². The van der Waals surface area contributed by atoms with Crippen molar-refractivity contribution in [2.24, 2.45) is 11.8 Å². The van der Waals surface area contributed by atoms with Crippen LogP contribution in [0.3, 0.4) is 0 Å². The highest BCUT2D eigenvalue weighted by molar-refractivity contribution is 5.03. The number of fused-ring (bicyclic) bond motifs is 1. The fourth-order valence-corrected chi connectivity index (χ4v) is 3.84. The van der Waals surface area contributed by atoms with Crippen LogP contribution in [0.5, 0.6) is 0 Å². The van der Waals surface area contributed by atoms with Crippen molar-refractivity contribution in [3.05, 3.63) is 0 Å². The van der Waals surface area contributed by atoms with Gasteiger partial charge in [0.05, 0.1) is 24.9 Å². The smallest absolute Gasteiger partial charge is 0.0745 e. The standard InChI is InChI=1S/C13H23NO2/c1-10-7-12-8-16-14-13(12,9-15-10)11-5-3-2-4-6-11/h10-12,14H,2-9H2,1H3/t10-,12-,13+/m0/s1. The second-order valence-electron chi connectivity index (χ2n) is 5.84. The molecule has 0 unspecified atom stereocenters. The molecule has 0 aromatic rings. The maximum atomic E-state index is 5.91. The summed E-state index contributed by atoms with van der Waals surface area (Å²) in [5.74, 6) is 1.43. The van der Waals surface area contributed by atoms with Crippen LogP contribution in [0.15, 0.2) is 0 Å². The third-order valence-electron chi connectivity index (χ3n) is 4.83. The van der Waals surface area contributed by atoms with E-state index in [9.17, 15) is 0 Å². The first-order valence-corrected chi connectivity index (χ1v) is 6.82. The zero-order chi connectivity index (χ0) is 11.0. The highest BCUT2D eigenvalue weighted by atomic mass is 16.7. The van der Waals surface area contributed by atoms with Crippen molar-refractivity contribution in [3.8, 4) is 0 Å². The topological polar surface area (TPSA) is 30.5 Å². The highest BCUT2D eigenvalue weighted by Crippen LogP contribution is 2.44. The SMILES string of the molecule is C[C@H]1C[C@H]2CON[C@@]2(C2CCCCC2)CO1. The van der Waals surface area contributed by atoms with Gasteiger partial charge in [-0.15, -0.1) is 0 Å². The van der Waals surface area contributed by atoms with Gasteiger partial charge in [0.15, 0.2) is 0 Å². The second kappa shape index (κ2) is 4.28. The maximum Gasteiger partial charge on any atom is 0.0745 e. The average Bonchev–Trinajstić information content (AvgIpc) is 2.74. The van der Waals surface area contributed by atoms with Crippen LogP contribution in [0.1, 0.15) is 45.4 Å². The predicted molar refractivity (Wildman–Crippen MR) is 61.9 cm³/mol. The Balaban J connectivity index is 1.78. The molecule has 0 amide bonds. The molecule has 0 bridgehead atoms. The van der Waals surface area contributed by atoms with Gasteiger partial charge in [0.1, 0.15) is 0 Å². The number of rotatable bonds is 1. The molecule has 3 atom stereocenters. The summed E-state index contributed by atoms with van der Waals surface area (Å²) >= 11 is 0. The van der Waals surface area contributed by atoms with Crippen LogP contribution in [0.4, 0.5) is 0 Å². The van der Waals surface area contributed by atoms with Crippen molar-refractivity contribution >= 4 is 0 Å². The third-order valence-corrected chi connectivity index (χ3v) is 4.83. The molecule has 2 saturated heterocycles. The van der Waals surface area contributed by atoms with Crippen molar-refractivity contribution in [1.82, 2.24) is 5.48 Å². The van der Waals surface area contributed by atoms with E-state index in [1.165, 1.54) is 32.1 Å². The maximum absolute atomic E-state index is 5.91. The van der Waals surface area contributed by atoms with Gasteiger partial charge in [0, 0.05) is 5.92 Å². The molecule has 0 aromatic carbocycles. The highest BCUT2D eigenvalue weighted by Gasteiger charge is 2.52. The second-order valence-corrected chi connectivity index (χ2v) is 5.84. The molecule has 16 heavy (non-hydrogen) atoms. The van der Waals surface area contributed by atoms with Crippen LogP contribution in [0, 0.1) is 11.8 Å². The van der Waals surface area contributed by atoms with Crippen LogP contribution in [0.25, 0.3) is 0 Å². The molecule has 3 aliphatic rings. The van der Waals surface area contributed by atoms with E-state index in [4.69, 9.17) is 9.57 Å². The summed E-state index contributed by atoms with van der Waals surface area (Å²) in [7, 11) is 0. The largest absolute Gasteiger partial charge is 0.376 e.